The van der Waals surface area contributed by atoms with Crippen molar-refractivity contribution in [2.24, 2.45) is 0 Å². The van der Waals surface area contributed by atoms with Crippen molar-refractivity contribution in [1.29, 1.82) is 0 Å². The first kappa shape index (κ1) is 13.7. The van der Waals surface area contributed by atoms with E-state index >= 15 is 0 Å². The third-order valence-corrected chi connectivity index (χ3v) is 3.05. The van der Waals surface area contributed by atoms with Crippen molar-refractivity contribution in [2.75, 3.05) is 5.32 Å². The van der Waals surface area contributed by atoms with E-state index in [9.17, 15) is 14.9 Å². The molecular formula is C13H14N4O3. The van der Waals surface area contributed by atoms with Gasteiger partial charge in [-0.1, -0.05) is 12.1 Å². The number of nitrogens with one attached hydrogen (secondary N) is 2. The van der Waals surface area contributed by atoms with Gasteiger partial charge in [0, 0.05) is 17.7 Å². The zero-order valence-electron chi connectivity index (χ0n) is 11.1. The number of amides is 1. The minimum absolute atomic E-state index is 0.0279. The van der Waals surface area contributed by atoms with Crippen LogP contribution in [0, 0.1) is 17.0 Å². The van der Waals surface area contributed by atoms with Crippen molar-refractivity contribution < 1.29 is 9.72 Å². The maximum Gasteiger partial charge on any atom is 0.269 e. The molecule has 0 fully saturated rings. The van der Waals surface area contributed by atoms with E-state index in [1.165, 1.54) is 12.1 Å². The molecule has 20 heavy (non-hydrogen) atoms. The van der Waals surface area contributed by atoms with Gasteiger partial charge in [-0.25, -0.2) is 0 Å². The quantitative estimate of drug-likeness (QED) is 0.660. The standard InChI is InChI=1S/C13H14N4O3/c1-8-7-14-16-12(8)15-13(18)9(2)10-4-3-5-11(6-10)17(19)20/h3-7,9H,1-2H3,(H2,14,15,16,18). The van der Waals surface area contributed by atoms with Crippen molar-refractivity contribution in [2.45, 2.75) is 19.8 Å². The molecule has 0 aliphatic rings. The van der Waals surface area contributed by atoms with Crippen LogP contribution in [0.1, 0.15) is 24.0 Å². The van der Waals surface area contributed by atoms with Gasteiger partial charge in [-0.15, -0.1) is 0 Å². The van der Waals surface area contributed by atoms with Gasteiger partial charge in [-0.3, -0.25) is 20.0 Å². The Kier molecular flexibility index (Phi) is 3.79. The Hall–Kier alpha value is -2.70. The van der Waals surface area contributed by atoms with E-state index in [2.05, 4.69) is 15.5 Å². The molecule has 7 nitrogen and oxygen atoms in total. The fourth-order valence-corrected chi connectivity index (χ4v) is 1.76. The van der Waals surface area contributed by atoms with Crippen LogP contribution in [0.15, 0.2) is 30.5 Å². The van der Waals surface area contributed by atoms with Crippen molar-refractivity contribution in [3.8, 4) is 0 Å². The first-order valence-electron chi connectivity index (χ1n) is 6.04. The zero-order valence-corrected chi connectivity index (χ0v) is 11.1. The van der Waals surface area contributed by atoms with Crippen molar-refractivity contribution in [1.82, 2.24) is 10.2 Å². The van der Waals surface area contributed by atoms with Crippen molar-refractivity contribution in [3.05, 3.63) is 51.7 Å². The average molecular weight is 274 g/mol. The number of hydrogen-bond donors (Lipinski definition) is 2. The molecule has 0 saturated heterocycles. The molecule has 2 N–H and O–H groups in total. The maximum atomic E-state index is 12.1. The van der Waals surface area contributed by atoms with Crippen LogP contribution in [0.25, 0.3) is 0 Å². The second-order valence-electron chi connectivity index (χ2n) is 4.49. The van der Waals surface area contributed by atoms with Crippen LogP contribution in [-0.4, -0.2) is 21.0 Å². The first-order valence-corrected chi connectivity index (χ1v) is 6.04. The summed E-state index contributed by atoms with van der Waals surface area (Å²) in [6.07, 6.45) is 1.60. The van der Waals surface area contributed by atoms with Gasteiger partial charge in [0.15, 0.2) is 0 Å². The summed E-state index contributed by atoms with van der Waals surface area (Å²) in [4.78, 5) is 22.4. The molecule has 1 aromatic heterocycles. The van der Waals surface area contributed by atoms with Gasteiger partial charge in [0.2, 0.25) is 5.91 Å². The Bertz CT molecular complexity index is 651. The fraction of sp³-hybridized carbons (Fsp3) is 0.231. The Morgan fingerprint density at radius 3 is 2.85 bits per heavy atom. The molecule has 1 heterocycles. The first-order chi connectivity index (χ1) is 9.49. The monoisotopic (exact) mass is 274 g/mol. The Balaban J connectivity index is 2.16. The number of nitro groups is 1. The number of aromatic amines is 1. The highest BCUT2D eigenvalue weighted by molar-refractivity contribution is 5.95. The molecule has 1 atom stereocenters. The van der Waals surface area contributed by atoms with Crippen LogP contribution in [0.3, 0.4) is 0 Å². The molecule has 1 amide bonds. The molecule has 0 saturated carbocycles. The number of non-ortho nitro benzene ring substituents is 1. The molecule has 7 heteroatoms. The molecule has 0 radical (unpaired) electrons. The summed E-state index contributed by atoms with van der Waals surface area (Å²) < 4.78 is 0. The molecule has 0 aliphatic carbocycles. The summed E-state index contributed by atoms with van der Waals surface area (Å²) in [5, 5.41) is 19.9. The summed E-state index contributed by atoms with van der Waals surface area (Å²) in [5.41, 5.74) is 1.39. The van der Waals surface area contributed by atoms with Gasteiger partial charge in [0.25, 0.3) is 5.69 Å². The number of anilines is 1. The van der Waals surface area contributed by atoms with Gasteiger partial charge in [0.05, 0.1) is 17.0 Å². The van der Waals surface area contributed by atoms with E-state index < -0.39 is 10.8 Å². The van der Waals surface area contributed by atoms with Gasteiger partial charge in [0.1, 0.15) is 5.82 Å². The van der Waals surface area contributed by atoms with Gasteiger partial charge >= 0.3 is 0 Å². The number of aryl methyl sites for hydroxylation is 1. The lowest BCUT2D eigenvalue weighted by molar-refractivity contribution is -0.384. The summed E-state index contributed by atoms with van der Waals surface area (Å²) in [6, 6.07) is 6.06. The number of nitro benzene ring substituents is 1. The van der Waals surface area contributed by atoms with Gasteiger partial charge < -0.3 is 5.32 Å². The number of carbonyl (C=O) groups excluding carboxylic acids is 1. The van der Waals surface area contributed by atoms with E-state index in [1.807, 2.05) is 6.92 Å². The van der Waals surface area contributed by atoms with Crippen LogP contribution in [0.5, 0.6) is 0 Å². The van der Waals surface area contributed by atoms with Crippen LogP contribution >= 0.6 is 0 Å². The third-order valence-electron chi connectivity index (χ3n) is 3.05. The second-order valence-corrected chi connectivity index (χ2v) is 4.49. The molecule has 0 spiro atoms. The molecule has 2 aromatic rings. The molecule has 1 aromatic carbocycles. The van der Waals surface area contributed by atoms with E-state index in [-0.39, 0.29) is 11.6 Å². The smallest absolute Gasteiger partial charge is 0.269 e. The highest BCUT2D eigenvalue weighted by atomic mass is 16.6. The number of H-pyrrole nitrogens is 1. The SMILES string of the molecule is Cc1cn[nH]c1NC(=O)C(C)c1cccc([N+](=O)[O-])c1. The van der Waals surface area contributed by atoms with E-state index in [0.717, 1.165) is 5.56 Å². The number of hydrogen-bond acceptors (Lipinski definition) is 4. The number of rotatable bonds is 4. The molecule has 0 bridgehead atoms. The Morgan fingerprint density at radius 1 is 1.50 bits per heavy atom. The average Bonchev–Trinajstić information content (AvgIpc) is 2.83. The topological polar surface area (TPSA) is 101 Å². The molecule has 104 valence electrons. The largest absolute Gasteiger partial charge is 0.310 e. The number of carbonyl (C=O) groups is 1. The number of benzene rings is 1. The van der Waals surface area contributed by atoms with Crippen LogP contribution in [0.4, 0.5) is 11.5 Å². The summed E-state index contributed by atoms with van der Waals surface area (Å²) in [5.74, 6) is -0.220. The normalized spacial score (nSPS) is 11.9. The summed E-state index contributed by atoms with van der Waals surface area (Å²) in [7, 11) is 0. The fourth-order valence-electron chi connectivity index (χ4n) is 1.76. The van der Waals surface area contributed by atoms with Crippen LogP contribution in [-0.2, 0) is 4.79 Å². The van der Waals surface area contributed by atoms with Crippen LogP contribution < -0.4 is 5.32 Å². The van der Waals surface area contributed by atoms with E-state index in [4.69, 9.17) is 0 Å². The molecule has 1 unspecified atom stereocenters. The van der Waals surface area contributed by atoms with Crippen molar-refractivity contribution in [3.63, 3.8) is 0 Å². The third kappa shape index (κ3) is 2.82. The highest BCUT2D eigenvalue weighted by Gasteiger charge is 2.18. The Morgan fingerprint density at radius 2 is 2.25 bits per heavy atom. The summed E-state index contributed by atoms with van der Waals surface area (Å²) in [6.45, 7) is 3.51. The second kappa shape index (κ2) is 5.52. The maximum absolute atomic E-state index is 12.1. The summed E-state index contributed by atoms with van der Waals surface area (Å²) >= 11 is 0. The van der Waals surface area contributed by atoms with Crippen molar-refractivity contribution >= 4 is 17.4 Å². The highest BCUT2D eigenvalue weighted by Crippen LogP contribution is 2.22. The van der Waals surface area contributed by atoms with Crippen LogP contribution in [0.2, 0.25) is 0 Å². The zero-order chi connectivity index (χ0) is 14.7. The van der Waals surface area contributed by atoms with E-state index in [1.54, 1.807) is 25.3 Å². The van der Waals surface area contributed by atoms with Gasteiger partial charge in [-0.05, 0) is 19.4 Å². The minimum atomic E-state index is -0.502. The molecule has 0 aliphatic heterocycles. The molecular weight excluding hydrogens is 260 g/mol. The minimum Gasteiger partial charge on any atom is -0.310 e. The lowest BCUT2D eigenvalue weighted by atomic mass is 10.00. The number of aromatic nitrogens is 2. The predicted molar refractivity (Wildman–Crippen MR) is 73.5 cm³/mol. The molecule has 2 rings (SSSR count). The predicted octanol–water partition coefficient (Wildman–Crippen LogP) is 2.37. The lowest BCUT2D eigenvalue weighted by Crippen LogP contribution is -2.19. The lowest BCUT2D eigenvalue weighted by Gasteiger charge is -2.11. The van der Waals surface area contributed by atoms with Gasteiger partial charge in [-0.2, -0.15) is 5.10 Å². The Labute approximate surface area is 115 Å². The van der Waals surface area contributed by atoms with E-state index in [0.29, 0.717) is 11.4 Å². The number of nitrogens with zero attached hydrogens (tertiary/aromatic N) is 2.